The molecule has 0 bridgehead atoms. The Bertz CT molecular complexity index is 713. The van der Waals surface area contributed by atoms with Crippen molar-refractivity contribution in [2.24, 2.45) is 0 Å². The van der Waals surface area contributed by atoms with E-state index in [0.29, 0.717) is 0 Å². The molecule has 3 aromatic rings. The van der Waals surface area contributed by atoms with Crippen LogP contribution in [-0.2, 0) is 0 Å². The summed E-state index contributed by atoms with van der Waals surface area (Å²) >= 11 is 5.05. The van der Waals surface area contributed by atoms with Crippen molar-refractivity contribution in [2.45, 2.75) is 0 Å². The largest absolute Gasteiger partial charge is 0.477 e. The van der Waals surface area contributed by atoms with Gasteiger partial charge in [0.1, 0.15) is 10.5 Å². The predicted octanol–water partition coefficient (Wildman–Crippen LogP) is 3.84. The molecule has 0 atom stereocenters. The number of nitrogens with one attached hydrogen (secondary N) is 1. The second kappa shape index (κ2) is 3.33. The smallest absolute Gasteiger partial charge is 0.352 e. The molecule has 0 amide bonds. The fourth-order valence-corrected chi connectivity index (χ4v) is 3.61. The number of fused-ring (bicyclic) bond motifs is 3. The number of halogens is 1. The first-order valence-corrected chi connectivity index (χ1v) is 6.21. The number of benzene rings is 1. The van der Waals surface area contributed by atoms with Gasteiger partial charge in [-0.1, -0.05) is 22.0 Å². The van der Waals surface area contributed by atoms with Crippen LogP contribution >= 0.6 is 27.3 Å². The van der Waals surface area contributed by atoms with Crippen LogP contribution in [0.4, 0.5) is 0 Å². The number of thiophene rings is 1. The van der Waals surface area contributed by atoms with Gasteiger partial charge in [-0.25, -0.2) is 4.79 Å². The third-order valence-corrected chi connectivity index (χ3v) is 4.22. The molecule has 3 rings (SSSR count). The lowest BCUT2D eigenvalue weighted by Crippen LogP contribution is -1.94. The molecule has 0 fully saturated rings. The highest BCUT2D eigenvalue weighted by Gasteiger charge is 2.13. The van der Waals surface area contributed by atoms with Gasteiger partial charge in [0.25, 0.3) is 0 Å². The van der Waals surface area contributed by atoms with Gasteiger partial charge >= 0.3 is 5.97 Å². The van der Waals surface area contributed by atoms with Crippen molar-refractivity contribution >= 4 is 53.5 Å². The van der Waals surface area contributed by atoms with Crippen LogP contribution < -0.4 is 0 Å². The van der Waals surface area contributed by atoms with Crippen molar-refractivity contribution in [2.75, 3.05) is 0 Å². The second-order valence-electron chi connectivity index (χ2n) is 3.45. The van der Waals surface area contributed by atoms with Crippen LogP contribution in [0.25, 0.3) is 20.3 Å². The van der Waals surface area contributed by atoms with E-state index in [2.05, 4.69) is 20.9 Å². The zero-order valence-corrected chi connectivity index (χ0v) is 10.4. The summed E-state index contributed by atoms with van der Waals surface area (Å²) in [6.45, 7) is 0. The summed E-state index contributed by atoms with van der Waals surface area (Å²) in [7, 11) is 0. The quantitative estimate of drug-likeness (QED) is 0.716. The molecular weight excluding hydrogens is 290 g/mol. The Kier molecular flexibility index (Phi) is 2.05. The van der Waals surface area contributed by atoms with Crippen LogP contribution in [-0.4, -0.2) is 16.1 Å². The Labute approximate surface area is 103 Å². The summed E-state index contributed by atoms with van der Waals surface area (Å²) in [6, 6.07) is 7.64. The standard InChI is InChI=1S/C11H6BrNO2S/c12-6-2-1-3-8-9(6)5-4-7(11(14)15)13-10(5)16-8/h1-4,13H,(H,14,15). The van der Waals surface area contributed by atoms with Crippen molar-refractivity contribution in [1.29, 1.82) is 0 Å². The second-order valence-corrected chi connectivity index (χ2v) is 5.35. The van der Waals surface area contributed by atoms with Crippen LogP contribution in [0.2, 0.25) is 0 Å². The number of carbonyl (C=O) groups is 1. The highest BCUT2D eigenvalue weighted by Crippen LogP contribution is 2.38. The molecule has 16 heavy (non-hydrogen) atoms. The molecule has 0 unspecified atom stereocenters. The van der Waals surface area contributed by atoms with E-state index in [1.165, 1.54) is 0 Å². The van der Waals surface area contributed by atoms with Crippen molar-refractivity contribution in [3.05, 3.63) is 34.4 Å². The lowest BCUT2D eigenvalue weighted by atomic mass is 10.2. The average Bonchev–Trinajstić information content (AvgIpc) is 2.73. The third-order valence-electron chi connectivity index (χ3n) is 2.47. The third kappa shape index (κ3) is 1.28. The van der Waals surface area contributed by atoms with E-state index in [1.54, 1.807) is 17.4 Å². The number of aromatic amines is 1. The number of aromatic carboxylic acids is 1. The van der Waals surface area contributed by atoms with Gasteiger partial charge in [0.05, 0.1) is 0 Å². The van der Waals surface area contributed by atoms with Gasteiger partial charge in [-0.15, -0.1) is 11.3 Å². The van der Waals surface area contributed by atoms with Crippen molar-refractivity contribution in [1.82, 2.24) is 4.98 Å². The Morgan fingerprint density at radius 1 is 1.44 bits per heavy atom. The molecule has 5 heteroatoms. The molecule has 0 aliphatic heterocycles. The van der Waals surface area contributed by atoms with Crippen LogP contribution in [0.15, 0.2) is 28.7 Å². The zero-order valence-electron chi connectivity index (χ0n) is 7.95. The molecule has 0 saturated heterocycles. The van der Waals surface area contributed by atoms with Crippen LogP contribution in [0.3, 0.4) is 0 Å². The fourth-order valence-electron chi connectivity index (χ4n) is 1.78. The molecule has 0 radical (unpaired) electrons. The van der Waals surface area contributed by atoms with Crippen molar-refractivity contribution < 1.29 is 9.90 Å². The topological polar surface area (TPSA) is 53.1 Å². The number of aromatic nitrogens is 1. The molecule has 0 aliphatic carbocycles. The molecule has 0 spiro atoms. The first-order valence-electron chi connectivity index (χ1n) is 4.60. The average molecular weight is 296 g/mol. The number of rotatable bonds is 1. The van der Waals surface area contributed by atoms with E-state index in [0.717, 1.165) is 24.8 Å². The van der Waals surface area contributed by atoms with Crippen LogP contribution in [0.5, 0.6) is 0 Å². The monoisotopic (exact) mass is 295 g/mol. The van der Waals surface area contributed by atoms with E-state index in [1.807, 2.05) is 18.2 Å². The number of hydrogen-bond donors (Lipinski definition) is 2. The molecule has 0 aliphatic rings. The Balaban J connectivity index is 2.46. The number of carboxylic acid groups (broad SMARTS) is 1. The summed E-state index contributed by atoms with van der Waals surface area (Å²) < 4.78 is 2.14. The minimum atomic E-state index is -0.927. The van der Waals surface area contributed by atoms with Gasteiger partial charge in [-0.2, -0.15) is 0 Å². The lowest BCUT2D eigenvalue weighted by molar-refractivity contribution is 0.0691. The highest BCUT2D eigenvalue weighted by atomic mass is 79.9. The molecular formula is C11H6BrNO2S. The Morgan fingerprint density at radius 3 is 3.00 bits per heavy atom. The summed E-state index contributed by atoms with van der Waals surface area (Å²) in [5.41, 5.74) is 0.235. The first kappa shape index (κ1) is 9.86. The number of carboxylic acids is 1. The SMILES string of the molecule is O=C(O)c1cc2c([nH]1)sc1cccc(Br)c12. The van der Waals surface area contributed by atoms with E-state index in [9.17, 15) is 4.79 Å². The van der Waals surface area contributed by atoms with Crippen molar-refractivity contribution in [3.8, 4) is 0 Å². The highest BCUT2D eigenvalue weighted by molar-refractivity contribution is 9.10. The van der Waals surface area contributed by atoms with E-state index in [4.69, 9.17) is 5.11 Å². The predicted molar refractivity (Wildman–Crippen MR) is 68.3 cm³/mol. The maximum atomic E-state index is 10.9. The van der Waals surface area contributed by atoms with Crippen LogP contribution in [0.1, 0.15) is 10.5 Å². The zero-order chi connectivity index (χ0) is 11.3. The molecule has 1 aromatic carbocycles. The molecule has 2 heterocycles. The Morgan fingerprint density at radius 2 is 2.25 bits per heavy atom. The van der Waals surface area contributed by atoms with Crippen molar-refractivity contribution in [3.63, 3.8) is 0 Å². The van der Waals surface area contributed by atoms with Gasteiger partial charge < -0.3 is 10.1 Å². The van der Waals surface area contributed by atoms with E-state index >= 15 is 0 Å². The van der Waals surface area contributed by atoms with Gasteiger partial charge in [0.2, 0.25) is 0 Å². The molecule has 2 N–H and O–H groups in total. The normalized spacial score (nSPS) is 11.3. The van der Waals surface area contributed by atoms with Gasteiger partial charge in [0, 0.05) is 19.9 Å². The van der Waals surface area contributed by atoms with Gasteiger partial charge in [0.15, 0.2) is 0 Å². The Hall–Kier alpha value is -1.33. The fraction of sp³-hybridized carbons (Fsp3) is 0. The maximum Gasteiger partial charge on any atom is 0.352 e. The number of hydrogen-bond acceptors (Lipinski definition) is 2. The maximum absolute atomic E-state index is 10.9. The minimum Gasteiger partial charge on any atom is -0.477 e. The molecule has 2 aromatic heterocycles. The van der Waals surface area contributed by atoms with E-state index in [-0.39, 0.29) is 5.69 Å². The summed E-state index contributed by atoms with van der Waals surface area (Å²) in [4.78, 5) is 14.7. The van der Waals surface area contributed by atoms with Crippen LogP contribution in [0, 0.1) is 0 Å². The summed E-state index contributed by atoms with van der Waals surface area (Å²) in [5, 5.41) is 10.9. The molecule has 3 nitrogen and oxygen atoms in total. The van der Waals surface area contributed by atoms with E-state index < -0.39 is 5.97 Å². The summed E-state index contributed by atoms with van der Waals surface area (Å²) in [5.74, 6) is -0.927. The molecule has 80 valence electrons. The van der Waals surface area contributed by atoms with Gasteiger partial charge in [-0.05, 0) is 18.2 Å². The first-order chi connectivity index (χ1) is 7.66. The number of H-pyrrole nitrogens is 1. The van der Waals surface area contributed by atoms with Gasteiger partial charge in [-0.3, -0.25) is 0 Å². The lowest BCUT2D eigenvalue weighted by Gasteiger charge is -1.92. The molecule has 0 saturated carbocycles. The minimum absolute atomic E-state index is 0.235. The summed E-state index contributed by atoms with van der Waals surface area (Å²) in [6.07, 6.45) is 0.